The fourth-order valence-corrected chi connectivity index (χ4v) is 5.27. The van der Waals surface area contributed by atoms with E-state index in [0.717, 1.165) is 30.7 Å². The number of nitrogens with zero attached hydrogens (tertiary/aromatic N) is 1. The lowest BCUT2D eigenvalue weighted by atomic mass is 10.0. The maximum atomic E-state index is 13.4. The summed E-state index contributed by atoms with van der Waals surface area (Å²) in [5, 5.41) is 5.02. The lowest BCUT2D eigenvalue weighted by Gasteiger charge is -2.24. The van der Waals surface area contributed by atoms with E-state index < -0.39 is 10.0 Å². The molecule has 5 nitrogen and oxygen atoms in total. The molecule has 0 atom stereocenters. The van der Waals surface area contributed by atoms with Gasteiger partial charge in [-0.2, -0.15) is 0 Å². The normalized spacial score (nSPS) is 11.3. The molecule has 0 fully saturated rings. The van der Waals surface area contributed by atoms with E-state index in [1.807, 2.05) is 49.4 Å². The summed E-state index contributed by atoms with van der Waals surface area (Å²) in [5.41, 5.74) is 2.34. The molecule has 7 heteroatoms. The van der Waals surface area contributed by atoms with Gasteiger partial charge in [-0.25, -0.2) is 8.42 Å². The predicted octanol–water partition coefficient (Wildman–Crippen LogP) is 5.42. The molecule has 0 aliphatic carbocycles. The minimum atomic E-state index is -3.94. The Kier molecular flexibility index (Phi) is 6.81. The number of hydrogen-bond acceptors (Lipinski definition) is 3. The van der Waals surface area contributed by atoms with Crippen LogP contribution in [0.15, 0.2) is 100 Å². The fourth-order valence-electron chi connectivity index (χ4n) is 3.59. The van der Waals surface area contributed by atoms with Gasteiger partial charge in [-0.3, -0.25) is 9.10 Å². The van der Waals surface area contributed by atoms with Crippen molar-refractivity contribution < 1.29 is 13.2 Å². The standard InChI is InChI=1S/C26H23BrN2O3S/c1-19-9-15-24(16-10-19)33(31,32)29(23-13-11-22(27)12-14-23)18-26(30)28-17-21-7-4-6-20-5-2-3-8-25(20)21/h2-16H,17-18H2,1H3,(H,28,30). The first-order valence-corrected chi connectivity index (χ1v) is 12.7. The van der Waals surface area contributed by atoms with Crippen LogP contribution >= 0.6 is 15.9 Å². The van der Waals surface area contributed by atoms with Crippen LogP contribution in [0.5, 0.6) is 0 Å². The Morgan fingerprint density at radius 3 is 2.27 bits per heavy atom. The van der Waals surface area contributed by atoms with Crippen LogP contribution in [0, 0.1) is 6.92 Å². The average Bonchev–Trinajstić information content (AvgIpc) is 2.82. The predicted molar refractivity (Wildman–Crippen MR) is 136 cm³/mol. The molecule has 4 aromatic carbocycles. The molecule has 0 aliphatic rings. The maximum Gasteiger partial charge on any atom is 0.264 e. The van der Waals surface area contributed by atoms with Crippen LogP contribution in [0.2, 0.25) is 0 Å². The molecule has 0 aliphatic heterocycles. The van der Waals surface area contributed by atoms with Crippen LogP contribution in [0.3, 0.4) is 0 Å². The number of carbonyl (C=O) groups is 1. The first kappa shape index (κ1) is 23.0. The van der Waals surface area contributed by atoms with Crippen molar-refractivity contribution in [1.29, 1.82) is 0 Å². The van der Waals surface area contributed by atoms with Crippen molar-refractivity contribution in [1.82, 2.24) is 5.32 Å². The Balaban J connectivity index is 1.59. The van der Waals surface area contributed by atoms with Gasteiger partial charge in [-0.05, 0) is 59.7 Å². The third-order valence-corrected chi connectivity index (χ3v) is 7.68. The van der Waals surface area contributed by atoms with Gasteiger partial charge in [0.2, 0.25) is 5.91 Å². The quantitative estimate of drug-likeness (QED) is 0.352. The van der Waals surface area contributed by atoms with Crippen molar-refractivity contribution >= 4 is 48.3 Å². The summed E-state index contributed by atoms with van der Waals surface area (Å²) in [6, 6.07) is 27.3. The van der Waals surface area contributed by atoms with Crippen LogP contribution in [0.1, 0.15) is 11.1 Å². The smallest absolute Gasteiger partial charge is 0.264 e. The van der Waals surface area contributed by atoms with Crippen LogP contribution in [0.25, 0.3) is 10.8 Å². The lowest BCUT2D eigenvalue weighted by molar-refractivity contribution is -0.119. The fraction of sp³-hybridized carbons (Fsp3) is 0.115. The van der Waals surface area contributed by atoms with Gasteiger partial charge in [0.05, 0.1) is 10.6 Å². The summed E-state index contributed by atoms with van der Waals surface area (Å²) in [5.74, 6) is -0.387. The van der Waals surface area contributed by atoms with Crippen molar-refractivity contribution in [2.24, 2.45) is 0 Å². The third-order valence-electron chi connectivity index (χ3n) is 5.37. The molecule has 0 saturated carbocycles. The van der Waals surface area contributed by atoms with E-state index in [9.17, 15) is 13.2 Å². The molecule has 33 heavy (non-hydrogen) atoms. The molecule has 1 N–H and O–H groups in total. The summed E-state index contributed by atoms with van der Waals surface area (Å²) >= 11 is 3.37. The molecule has 0 radical (unpaired) electrons. The summed E-state index contributed by atoms with van der Waals surface area (Å²) in [6.07, 6.45) is 0. The number of amides is 1. The monoisotopic (exact) mass is 522 g/mol. The van der Waals surface area contributed by atoms with Crippen LogP contribution < -0.4 is 9.62 Å². The number of halogens is 1. The SMILES string of the molecule is Cc1ccc(S(=O)(=O)N(CC(=O)NCc2cccc3ccccc23)c2ccc(Br)cc2)cc1. The molecular weight excluding hydrogens is 500 g/mol. The van der Waals surface area contributed by atoms with E-state index in [4.69, 9.17) is 0 Å². The second-order valence-electron chi connectivity index (χ2n) is 7.72. The highest BCUT2D eigenvalue weighted by molar-refractivity contribution is 9.10. The Labute approximate surface area is 202 Å². The van der Waals surface area contributed by atoms with Gasteiger partial charge in [0.1, 0.15) is 6.54 Å². The molecular formula is C26H23BrN2O3S. The molecule has 0 bridgehead atoms. The number of sulfonamides is 1. The first-order chi connectivity index (χ1) is 15.8. The summed E-state index contributed by atoms with van der Waals surface area (Å²) in [6.45, 7) is 1.87. The van der Waals surface area contributed by atoms with Crippen molar-refractivity contribution in [2.45, 2.75) is 18.4 Å². The van der Waals surface area contributed by atoms with E-state index in [0.29, 0.717) is 12.2 Å². The number of fused-ring (bicyclic) bond motifs is 1. The minimum absolute atomic E-state index is 0.137. The highest BCUT2D eigenvalue weighted by Crippen LogP contribution is 2.25. The van der Waals surface area contributed by atoms with Crippen molar-refractivity contribution in [2.75, 3.05) is 10.8 Å². The molecule has 4 rings (SSSR count). The molecule has 0 aromatic heterocycles. The summed E-state index contributed by atoms with van der Waals surface area (Å²) in [4.78, 5) is 13.0. The van der Waals surface area contributed by atoms with Crippen molar-refractivity contribution in [3.63, 3.8) is 0 Å². The first-order valence-electron chi connectivity index (χ1n) is 10.4. The van der Waals surface area contributed by atoms with Gasteiger partial charge in [-0.1, -0.05) is 76.1 Å². The zero-order valence-electron chi connectivity index (χ0n) is 18.0. The van der Waals surface area contributed by atoms with E-state index in [1.54, 1.807) is 48.5 Å². The Morgan fingerprint density at radius 2 is 1.55 bits per heavy atom. The molecule has 0 saturated heterocycles. The lowest BCUT2D eigenvalue weighted by Crippen LogP contribution is -2.40. The van der Waals surface area contributed by atoms with E-state index in [2.05, 4.69) is 21.2 Å². The van der Waals surface area contributed by atoms with Crippen LogP contribution in [0.4, 0.5) is 5.69 Å². The molecule has 1 amide bonds. The Hall–Kier alpha value is -3.16. The molecule has 0 heterocycles. The molecule has 4 aromatic rings. The van der Waals surface area contributed by atoms with Gasteiger partial charge >= 0.3 is 0 Å². The number of nitrogens with one attached hydrogen (secondary N) is 1. The van der Waals surface area contributed by atoms with Gasteiger partial charge in [0, 0.05) is 11.0 Å². The highest BCUT2D eigenvalue weighted by Gasteiger charge is 2.27. The average molecular weight is 523 g/mol. The van der Waals surface area contributed by atoms with E-state index in [1.165, 1.54) is 0 Å². The van der Waals surface area contributed by atoms with Crippen molar-refractivity contribution in [3.05, 3.63) is 107 Å². The molecule has 0 spiro atoms. The zero-order chi connectivity index (χ0) is 23.4. The van der Waals surface area contributed by atoms with Gasteiger partial charge < -0.3 is 5.32 Å². The number of carbonyl (C=O) groups excluding carboxylic acids is 1. The van der Waals surface area contributed by atoms with Gasteiger partial charge in [0.15, 0.2) is 0 Å². The largest absolute Gasteiger partial charge is 0.350 e. The Bertz CT molecular complexity index is 1380. The number of hydrogen-bond donors (Lipinski definition) is 1. The number of anilines is 1. The summed E-state index contributed by atoms with van der Waals surface area (Å²) < 4.78 is 28.9. The van der Waals surface area contributed by atoms with Gasteiger partial charge in [0.25, 0.3) is 10.0 Å². The maximum absolute atomic E-state index is 13.4. The zero-order valence-corrected chi connectivity index (χ0v) is 20.4. The second-order valence-corrected chi connectivity index (χ2v) is 10.5. The van der Waals surface area contributed by atoms with Crippen molar-refractivity contribution in [3.8, 4) is 0 Å². The third kappa shape index (κ3) is 5.26. The van der Waals surface area contributed by atoms with Gasteiger partial charge in [-0.15, -0.1) is 0 Å². The number of rotatable bonds is 7. The number of benzene rings is 4. The summed E-state index contributed by atoms with van der Waals surface area (Å²) in [7, 11) is -3.94. The highest BCUT2D eigenvalue weighted by atomic mass is 79.9. The van der Waals surface area contributed by atoms with E-state index in [-0.39, 0.29) is 17.3 Å². The Morgan fingerprint density at radius 1 is 0.879 bits per heavy atom. The number of aryl methyl sites for hydroxylation is 1. The minimum Gasteiger partial charge on any atom is -0.350 e. The topological polar surface area (TPSA) is 66.5 Å². The second kappa shape index (κ2) is 9.77. The molecule has 0 unspecified atom stereocenters. The van der Waals surface area contributed by atoms with E-state index >= 15 is 0 Å². The molecule has 168 valence electrons. The van der Waals surface area contributed by atoms with Crippen LogP contribution in [-0.4, -0.2) is 20.9 Å². The van der Waals surface area contributed by atoms with Crippen LogP contribution in [-0.2, 0) is 21.4 Å².